The van der Waals surface area contributed by atoms with Crippen molar-refractivity contribution in [2.45, 2.75) is 30.6 Å². The predicted octanol–water partition coefficient (Wildman–Crippen LogP) is 2.56. The number of furan rings is 1. The lowest BCUT2D eigenvalue weighted by molar-refractivity contribution is -0.121. The number of nitrogens with zero attached hydrogens (tertiary/aromatic N) is 2. The quantitative estimate of drug-likeness (QED) is 0.784. The van der Waals surface area contributed by atoms with E-state index in [-0.39, 0.29) is 22.6 Å². The summed E-state index contributed by atoms with van der Waals surface area (Å²) in [7, 11) is -3.53. The average molecular weight is 432 g/mol. The Morgan fingerprint density at radius 3 is 2.40 bits per heavy atom. The Morgan fingerprint density at radius 2 is 1.73 bits per heavy atom. The van der Waals surface area contributed by atoms with Crippen molar-refractivity contribution in [2.24, 2.45) is 5.92 Å². The van der Waals surface area contributed by atoms with E-state index >= 15 is 0 Å². The summed E-state index contributed by atoms with van der Waals surface area (Å²) in [5.41, 5.74) is 0.467. The lowest BCUT2D eigenvalue weighted by atomic mass is 9.95. The lowest BCUT2D eigenvalue weighted by Crippen LogP contribution is -2.41. The molecule has 0 aliphatic carbocycles. The lowest BCUT2D eigenvalue weighted by Gasteiger charge is -2.30. The Morgan fingerprint density at radius 1 is 1.00 bits per heavy atom. The molecule has 0 saturated carbocycles. The van der Waals surface area contributed by atoms with Crippen LogP contribution in [0.1, 0.15) is 36.2 Å². The number of rotatable bonds is 5. The van der Waals surface area contributed by atoms with E-state index in [2.05, 4.69) is 5.32 Å². The summed E-state index contributed by atoms with van der Waals surface area (Å²) >= 11 is 0. The third kappa shape index (κ3) is 4.27. The predicted molar refractivity (Wildman–Crippen MR) is 110 cm³/mol. The summed E-state index contributed by atoms with van der Waals surface area (Å²) in [4.78, 5) is 26.9. The van der Waals surface area contributed by atoms with Crippen molar-refractivity contribution in [1.82, 2.24) is 9.21 Å². The molecule has 2 amide bonds. The normalized spacial score (nSPS) is 18.5. The Hall–Kier alpha value is -2.65. The van der Waals surface area contributed by atoms with Gasteiger partial charge in [0, 0.05) is 37.8 Å². The summed E-state index contributed by atoms with van der Waals surface area (Å²) in [6.07, 6.45) is 4.30. The second-order valence-electron chi connectivity index (χ2n) is 7.67. The highest BCUT2D eigenvalue weighted by Crippen LogP contribution is 2.25. The van der Waals surface area contributed by atoms with E-state index in [1.165, 1.54) is 16.6 Å². The molecule has 9 heteroatoms. The number of carbonyl (C=O) groups excluding carboxylic acids is 2. The van der Waals surface area contributed by atoms with Crippen LogP contribution in [0.4, 0.5) is 5.69 Å². The molecule has 4 rings (SSSR count). The number of piperidine rings is 1. The smallest absolute Gasteiger partial charge is 0.289 e. The van der Waals surface area contributed by atoms with Gasteiger partial charge in [-0.1, -0.05) is 6.07 Å². The van der Waals surface area contributed by atoms with Gasteiger partial charge in [0.2, 0.25) is 15.9 Å². The Labute approximate surface area is 175 Å². The van der Waals surface area contributed by atoms with Crippen LogP contribution >= 0.6 is 0 Å². The van der Waals surface area contributed by atoms with Crippen LogP contribution < -0.4 is 5.32 Å². The van der Waals surface area contributed by atoms with Gasteiger partial charge in [-0.25, -0.2) is 8.42 Å². The molecular formula is C21H25N3O5S. The van der Waals surface area contributed by atoms with Crippen LogP contribution in [-0.4, -0.2) is 55.6 Å². The highest BCUT2D eigenvalue weighted by molar-refractivity contribution is 7.89. The van der Waals surface area contributed by atoms with Crippen molar-refractivity contribution < 1.29 is 22.4 Å². The fraction of sp³-hybridized carbons (Fsp3) is 0.429. The maximum Gasteiger partial charge on any atom is 0.289 e. The maximum atomic E-state index is 12.7. The minimum Gasteiger partial charge on any atom is -0.459 e. The van der Waals surface area contributed by atoms with Crippen molar-refractivity contribution in [1.29, 1.82) is 0 Å². The van der Waals surface area contributed by atoms with Gasteiger partial charge in [-0.15, -0.1) is 0 Å². The minimum absolute atomic E-state index is 0.157. The highest BCUT2D eigenvalue weighted by atomic mass is 32.2. The SMILES string of the molecule is O=C(Nc1cccc(S(=O)(=O)N2CCCC2)c1)C1CCN(C(=O)c2ccco2)CC1. The van der Waals surface area contributed by atoms with E-state index in [1.807, 2.05) is 0 Å². The molecule has 2 aliphatic rings. The van der Waals surface area contributed by atoms with Gasteiger partial charge in [0.1, 0.15) is 0 Å². The Bertz CT molecular complexity index is 1010. The van der Waals surface area contributed by atoms with E-state index in [9.17, 15) is 18.0 Å². The standard InChI is InChI=1S/C21H25N3O5S/c25-20(16-8-12-23(13-9-16)21(26)19-7-4-14-29-19)22-17-5-3-6-18(15-17)30(27,28)24-10-1-2-11-24/h3-7,14-16H,1-2,8-13H2,(H,22,25). The zero-order valence-corrected chi connectivity index (χ0v) is 17.4. The molecule has 0 unspecified atom stereocenters. The van der Waals surface area contributed by atoms with E-state index in [4.69, 9.17) is 4.42 Å². The number of sulfonamides is 1. The molecule has 1 aromatic heterocycles. The van der Waals surface area contributed by atoms with Crippen LogP contribution in [0.5, 0.6) is 0 Å². The first-order valence-corrected chi connectivity index (χ1v) is 11.6. The zero-order chi connectivity index (χ0) is 21.1. The van der Waals surface area contributed by atoms with Gasteiger partial charge >= 0.3 is 0 Å². The van der Waals surface area contributed by atoms with Crippen molar-refractivity contribution in [3.8, 4) is 0 Å². The van der Waals surface area contributed by atoms with Crippen LogP contribution in [0.25, 0.3) is 0 Å². The van der Waals surface area contributed by atoms with Gasteiger partial charge < -0.3 is 14.6 Å². The molecule has 1 N–H and O–H groups in total. The van der Waals surface area contributed by atoms with Crippen LogP contribution in [0.2, 0.25) is 0 Å². The molecule has 0 bridgehead atoms. The Kier molecular flexibility index (Phi) is 5.92. The minimum atomic E-state index is -3.53. The first kappa shape index (κ1) is 20.6. The van der Waals surface area contributed by atoms with Gasteiger partial charge in [0.25, 0.3) is 5.91 Å². The largest absolute Gasteiger partial charge is 0.459 e. The molecule has 1 aromatic carbocycles. The molecule has 3 heterocycles. The fourth-order valence-electron chi connectivity index (χ4n) is 3.96. The Balaban J connectivity index is 1.36. The molecule has 160 valence electrons. The number of hydrogen-bond acceptors (Lipinski definition) is 5. The van der Waals surface area contributed by atoms with E-state index in [1.54, 1.807) is 35.2 Å². The first-order chi connectivity index (χ1) is 14.4. The fourth-order valence-corrected chi connectivity index (χ4v) is 5.52. The van der Waals surface area contributed by atoms with Crippen molar-refractivity contribution in [3.05, 3.63) is 48.4 Å². The number of benzene rings is 1. The van der Waals surface area contributed by atoms with Gasteiger partial charge in [-0.05, 0) is 56.0 Å². The molecule has 2 aromatic rings. The first-order valence-electron chi connectivity index (χ1n) is 10.2. The third-order valence-electron chi connectivity index (χ3n) is 5.69. The summed E-state index contributed by atoms with van der Waals surface area (Å²) in [6.45, 7) is 2.02. The van der Waals surface area contributed by atoms with Crippen LogP contribution in [-0.2, 0) is 14.8 Å². The van der Waals surface area contributed by atoms with Gasteiger partial charge in [0.05, 0.1) is 11.2 Å². The maximum absolute atomic E-state index is 12.7. The topological polar surface area (TPSA) is 99.9 Å². The number of nitrogens with one attached hydrogen (secondary N) is 1. The summed E-state index contributed by atoms with van der Waals surface area (Å²) in [5, 5.41) is 2.84. The van der Waals surface area contributed by atoms with Crippen LogP contribution in [0, 0.1) is 5.92 Å². The van der Waals surface area contributed by atoms with Gasteiger partial charge in [-0.2, -0.15) is 4.31 Å². The number of carbonyl (C=O) groups is 2. The van der Waals surface area contributed by atoms with Crippen molar-refractivity contribution in [3.63, 3.8) is 0 Å². The number of likely N-dealkylation sites (tertiary alicyclic amines) is 1. The zero-order valence-electron chi connectivity index (χ0n) is 16.6. The second kappa shape index (κ2) is 8.61. The van der Waals surface area contributed by atoms with Crippen molar-refractivity contribution >= 4 is 27.5 Å². The molecule has 0 atom stereocenters. The molecule has 2 aliphatic heterocycles. The van der Waals surface area contributed by atoms with Crippen LogP contribution in [0.15, 0.2) is 52.0 Å². The van der Waals surface area contributed by atoms with Crippen LogP contribution in [0.3, 0.4) is 0 Å². The summed E-state index contributed by atoms with van der Waals surface area (Å²) < 4.78 is 32.1. The summed E-state index contributed by atoms with van der Waals surface area (Å²) in [6, 6.07) is 9.71. The van der Waals surface area contributed by atoms with E-state index in [0.717, 1.165) is 12.8 Å². The molecule has 2 saturated heterocycles. The molecule has 30 heavy (non-hydrogen) atoms. The van der Waals surface area contributed by atoms with E-state index < -0.39 is 10.0 Å². The second-order valence-corrected chi connectivity index (χ2v) is 9.61. The third-order valence-corrected chi connectivity index (χ3v) is 7.58. The molecule has 0 radical (unpaired) electrons. The highest BCUT2D eigenvalue weighted by Gasteiger charge is 2.30. The monoisotopic (exact) mass is 431 g/mol. The number of hydrogen-bond donors (Lipinski definition) is 1. The molecule has 0 spiro atoms. The van der Waals surface area contributed by atoms with Crippen molar-refractivity contribution in [2.75, 3.05) is 31.5 Å². The summed E-state index contributed by atoms with van der Waals surface area (Å²) in [5.74, 6) is -0.257. The molecule has 2 fully saturated rings. The van der Waals surface area contributed by atoms with E-state index in [0.29, 0.717) is 50.5 Å². The van der Waals surface area contributed by atoms with Gasteiger partial charge in [-0.3, -0.25) is 9.59 Å². The molecule has 8 nitrogen and oxygen atoms in total. The number of amides is 2. The van der Waals surface area contributed by atoms with Gasteiger partial charge in [0.15, 0.2) is 5.76 Å². The average Bonchev–Trinajstić information content (AvgIpc) is 3.48. The molecular weight excluding hydrogens is 406 g/mol. The number of anilines is 1.